The van der Waals surface area contributed by atoms with Crippen molar-refractivity contribution in [1.29, 1.82) is 0 Å². The zero-order valence-corrected chi connectivity index (χ0v) is 11.6. The standard InChI is InChI=1S/C14H20N2O3/c1-4-5-8-16-14(19)11(6-7-13(17)18)9-12(15-16)10(2)3/h6-7,9-10H,4-5,8H2,1-3H3,(H,17,18)/b7-6+. The number of carbonyl (C=O) groups is 1. The maximum absolute atomic E-state index is 12.1. The summed E-state index contributed by atoms with van der Waals surface area (Å²) >= 11 is 0. The lowest BCUT2D eigenvalue weighted by Crippen LogP contribution is -2.26. The molecule has 0 aliphatic heterocycles. The number of nitrogens with zero attached hydrogens (tertiary/aromatic N) is 2. The highest BCUT2D eigenvalue weighted by Crippen LogP contribution is 2.11. The van der Waals surface area contributed by atoms with Crippen LogP contribution >= 0.6 is 0 Å². The Hall–Kier alpha value is -1.91. The molecule has 5 heteroatoms. The van der Waals surface area contributed by atoms with E-state index in [1.165, 1.54) is 10.8 Å². The molecule has 0 amide bonds. The average molecular weight is 264 g/mol. The maximum Gasteiger partial charge on any atom is 0.328 e. The Balaban J connectivity index is 3.24. The Labute approximate surface area is 112 Å². The first-order valence-corrected chi connectivity index (χ1v) is 6.48. The van der Waals surface area contributed by atoms with E-state index < -0.39 is 5.97 Å². The van der Waals surface area contributed by atoms with Gasteiger partial charge in [0.05, 0.1) is 5.69 Å². The van der Waals surface area contributed by atoms with E-state index in [-0.39, 0.29) is 11.5 Å². The molecule has 0 radical (unpaired) electrons. The predicted molar refractivity (Wildman–Crippen MR) is 74.2 cm³/mol. The highest BCUT2D eigenvalue weighted by molar-refractivity contribution is 5.85. The Bertz CT molecular complexity index is 530. The number of hydrogen-bond donors (Lipinski definition) is 1. The lowest BCUT2D eigenvalue weighted by atomic mass is 10.1. The monoisotopic (exact) mass is 264 g/mol. The summed E-state index contributed by atoms with van der Waals surface area (Å²) in [5.41, 5.74) is 0.924. The van der Waals surface area contributed by atoms with Crippen molar-refractivity contribution in [1.82, 2.24) is 9.78 Å². The quantitative estimate of drug-likeness (QED) is 0.800. The lowest BCUT2D eigenvalue weighted by molar-refractivity contribution is -0.131. The van der Waals surface area contributed by atoms with Crippen molar-refractivity contribution < 1.29 is 9.90 Å². The normalized spacial score (nSPS) is 11.4. The first-order chi connectivity index (χ1) is 8.95. The molecule has 0 bridgehead atoms. The molecule has 1 aromatic rings. The largest absolute Gasteiger partial charge is 0.478 e. The third-order valence-electron chi connectivity index (χ3n) is 2.74. The van der Waals surface area contributed by atoms with Crippen LogP contribution in [-0.4, -0.2) is 20.9 Å². The van der Waals surface area contributed by atoms with E-state index in [2.05, 4.69) is 5.10 Å². The van der Waals surface area contributed by atoms with Crippen LogP contribution in [-0.2, 0) is 11.3 Å². The minimum absolute atomic E-state index is 0.186. The molecule has 1 rings (SSSR count). The molecule has 0 aliphatic carbocycles. The van der Waals surface area contributed by atoms with Crippen LogP contribution in [0.4, 0.5) is 0 Å². The number of carboxylic acids is 1. The number of carboxylic acid groups (broad SMARTS) is 1. The van der Waals surface area contributed by atoms with Gasteiger partial charge in [-0.2, -0.15) is 5.10 Å². The van der Waals surface area contributed by atoms with Gasteiger partial charge in [0.1, 0.15) is 0 Å². The zero-order chi connectivity index (χ0) is 14.4. The Kier molecular flexibility index (Phi) is 5.48. The van der Waals surface area contributed by atoms with Crippen molar-refractivity contribution in [3.63, 3.8) is 0 Å². The molecule has 5 nitrogen and oxygen atoms in total. The fourth-order valence-corrected chi connectivity index (χ4v) is 1.61. The number of hydrogen-bond acceptors (Lipinski definition) is 3. The maximum atomic E-state index is 12.1. The molecule has 1 N–H and O–H groups in total. The average Bonchev–Trinajstić information content (AvgIpc) is 2.35. The summed E-state index contributed by atoms with van der Waals surface area (Å²) < 4.78 is 1.43. The minimum atomic E-state index is -1.07. The van der Waals surface area contributed by atoms with Crippen LogP contribution in [0, 0.1) is 0 Å². The molecule has 0 unspecified atom stereocenters. The van der Waals surface area contributed by atoms with Gasteiger partial charge in [-0.25, -0.2) is 9.48 Å². The van der Waals surface area contributed by atoms with Gasteiger partial charge >= 0.3 is 5.97 Å². The molecular formula is C14H20N2O3. The van der Waals surface area contributed by atoms with Gasteiger partial charge in [0, 0.05) is 18.2 Å². The van der Waals surface area contributed by atoms with Gasteiger partial charge in [-0.15, -0.1) is 0 Å². The summed E-state index contributed by atoms with van der Waals surface area (Å²) in [6.07, 6.45) is 4.16. The molecule has 0 spiro atoms. The van der Waals surface area contributed by atoms with Gasteiger partial charge in [0.2, 0.25) is 0 Å². The number of unbranched alkanes of at least 4 members (excludes halogenated alkanes) is 1. The second-order valence-electron chi connectivity index (χ2n) is 4.73. The van der Waals surface area contributed by atoms with Crippen molar-refractivity contribution in [3.05, 3.63) is 33.8 Å². The minimum Gasteiger partial charge on any atom is -0.478 e. The highest BCUT2D eigenvalue weighted by Gasteiger charge is 2.09. The van der Waals surface area contributed by atoms with Crippen molar-refractivity contribution in [2.75, 3.05) is 0 Å². The molecule has 0 aliphatic rings. The van der Waals surface area contributed by atoms with E-state index in [0.29, 0.717) is 12.1 Å². The number of aryl methyl sites for hydroxylation is 1. The summed E-state index contributed by atoms with van der Waals surface area (Å²) in [6.45, 7) is 6.58. The molecular weight excluding hydrogens is 244 g/mol. The van der Waals surface area contributed by atoms with E-state index >= 15 is 0 Å². The molecule has 0 saturated carbocycles. The summed E-state index contributed by atoms with van der Waals surface area (Å²) in [7, 11) is 0. The first-order valence-electron chi connectivity index (χ1n) is 6.48. The highest BCUT2D eigenvalue weighted by atomic mass is 16.4. The van der Waals surface area contributed by atoms with Crippen LogP contribution < -0.4 is 5.56 Å². The molecule has 104 valence electrons. The Morgan fingerprint density at radius 1 is 1.53 bits per heavy atom. The van der Waals surface area contributed by atoms with Crippen LogP contribution in [0.5, 0.6) is 0 Å². The van der Waals surface area contributed by atoms with E-state index in [4.69, 9.17) is 5.11 Å². The second kappa shape index (κ2) is 6.87. The third-order valence-corrected chi connectivity index (χ3v) is 2.74. The van der Waals surface area contributed by atoms with Gasteiger partial charge in [-0.1, -0.05) is 27.2 Å². The van der Waals surface area contributed by atoms with Gasteiger partial charge < -0.3 is 5.11 Å². The van der Waals surface area contributed by atoms with E-state index in [1.807, 2.05) is 20.8 Å². The third kappa shape index (κ3) is 4.35. The molecule has 1 aromatic heterocycles. The predicted octanol–water partition coefficient (Wildman–Crippen LogP) is 2.26. The van der Waals surface area contributed by atoms with Crippen LogP contribution in [0.15, 0.2) is 16.9 Å². The van der Waals surface area contributed by atoms with E-state index in [0.717, 1.165) is 24.6 Å². The van der Waals surface area contributed by atoms with Gasteiger partial charge in [0.15, 0.2) is 0 Å². The second-order valence-corrected chi connectivity index (χ2v) is 4.73. The van der Waals surface area contributed by atoms with Crippen LogP contribution in [0.3, 0.4) is 0 Å². The summed E-state index contributed by atoms with van der Waals surface area (Å²) in [5, 5.41) is 13.0. The van der Waals surface area contributed by atoms with Crippen molar-refractivity contribution in [2.45, 2.75) is 46.1 Å². The lowest BCUT2D eigenvalue weighted by Gasteiger charge is -2.10. The first kappa shape index (κ1) is 15.1. The van der Waals surface area contributed by atoms with Crippen LogP contribution in [0.2, 0.25) is 0 Å². The molecule has 19 heavy (non-hydrogen) atoms. The van der Waals surface area contributed by atoms with Gasteiger partial charge in [0.25, 0.3) is 5.56 Å². The molecule has 0 atom stereocenters. The number of rotatable bonds is 6. The van der Waals surface area contributed by atoms with Crippen molar-refractivity contribution >= 4 is 12.0 Å². The molecule has 0 fully saturated rings. The Morgan fingerprint density at radius 2 is 2.21 bits per heavy atom. The number of aliphatic carboxylic acids is 1. The zero-order valence-electron chi connectivity index (χ0n) is 11.6. The summed E-state index contributed by atoms with van der Waals surface area (Å²) in [4.78, 5) is 22.7. The fourth-order valence-electron chi connectivity index (χ4n) is 1.61. The van der Waals surface area contributed by atoms with Gasteiger partial charge in [-0.05, 0) is 24.5 Å². The Morgan fingerprint density at radius 3 is 2.74 bits per heavy atom. The smallest absolute Gasteiger partial charge is 0.328 e. The summed E-state index contributed by atoms with van der Waals surface area (Å²) in [5.74, 6) is -0.882. The van der Waals surface area contributed by atoms with E-state index in [1.54, 1.807) is 6.07 Å². The fraction of sp³-hybridized carbons (Fsp3) is 0.500. The molecule has 1 heterocycles. The van der Waals surface area contributed by atoms with Crippen LogP contribution in [0.25, 0.3) is 6.08 Å². The van der Waals surface area contributed by atoms with Crippen molar-refractivity contribution in [2.24, 2.45) is 0 Å². The topological polar surface area (TPSA) is 72.2 Å². The molecule has 0 aromatic carbocycles. The SMILES string of the molecule is CCCCn1nc(C(C)C)cc(/C=C/C(=O)O)c1=O. The summed E-state index contributed by atoms with van der Waals surface area (Å²) in [6, 6.07) is 1.66. The van der Waals surface area contributed by atoms with E-state index in [9.17, 15) is 9.59 Å². The number of aromatic nitrogens is 2. The molecule has 0 saturated heterocycles. The van der Waals surface area contributed by atoms with Crippen LogP contribution in [0.1, 0.15) is 50.8 Å². The van der Waals surface area contributed by atoms with Crippen molar-refractivity contribution in [3.8, 4) is 0 Å². The van der Waals surface area contributed by atoms with Gasteiger partial charge in [-0.3, -0.25) is 4.79 Å².